The molecule has 0 atom stereocenters. The van der Waals surface area contributed by atoms with Gasteiger partial charge in [-0.25, -0.2) is 4.79 Å². The quantitative estimate of drug-likeness (QED) is 0.899. The van der Waals surface area contributed by atoms with Crippen LogP contribution in [0.25, 0.3) is 0 Å². The Balaban J connectivity index is 1.83. The smallest absolute Gasteiger partial charge is 0.406 e. The fourth-order valence-electron chi connectivity index (χ4n) is 1.69. The summed E-state index contributed by atoms with van der Waals surface area (Å²) in [7, 11) is 0. The number of amides is 2. The molecule has 0 aliphatic heterocycles. The summed E-state index contributed by atoms with van der Waals surface area (Å²) in [5, 5.41) is 5.23. The molecule has 2 rings (SSSR count). The number of ether oxygens (including phenoxy) is 1. The van der Waals surface area contributed by atoms with Crippen molar-refractivity contribution < 1.29 is 22.7 Å². The minimum Gasteiger partial charge on any atom is -0.406 e. The maximum atomic E-state index is 12.0. The summed E-state index contributed by atoms with van der Waals surface area (Å²) < 4.78 is 39.8. The first-order valence-electron chi connectivity index (χ1n) is 6.37. The lowest BCUT2D eigenvalue weighted by molar-refractivity contribution is -0.274. The van der Waals surface area contributed by atoms with Crippen molar-refractivity contribution in [3.05, 3.63) is 60.2 Å². The topological polar surface area (TPSA) is 50.4 Å². The maximum Gasteiger partial charge on any atom is 0.573 e. The fourth-order valence-corrected chi connectivity index (χ4v) is 1.69. The van der Waals surface area contributed by atoms with Crippen LogP contribution in [0.5, 0.6) is 5.75 Å². The molecule has 0 fully saturated rings. The number of urea groups is 1. The van der Waals surface area contributed by atoms with Gasteiger partial charge in [0, 0.05) is 12.2 Å². The molecule has 4 nitrogen and oxygen atoms in total. The molecule has 2 N–H and O–H groups in total. The van der Waals surface area contributed by atoms with Crippen molar-refractivity contribution in [2.45, 2.75) is 12.9 Å². The maximum absolute atomic E-state index is 12.0. The molecule has 0 aromatic heterocycles. The molecule has 0 saturated heterocycles. The van der Waals surface area contributed by atoms with E-state index in [0.29, 0.717) is 11.3 Å². The molecule has 0 saturated carbocycles. The van der Waals surface area contributed by atoms with E-state index in [2.05, 4.69) is 15.4 Å². The Hall–Kier alpha value is -2.70. The third-order valence-electron chi connectivity index (χ3n) is 2.64. The van der Waals surface area contributed by atoms with Crippen LogP contribution in [0.15, 0.2) is 54.6 Å². The molecule has 0 heterocycles. The van der Waals surface area contributed by atoms with Gasteiger partial charge in [-0.05, 0) is 29.8 Å². The van der Waals surface area contributed by atoms with Gasteiger partial charge in [0.05, 0.1) is 0 Å². The highest BCUT2D eigenvalue weighted by atomic mass is 19.4. The van der Waals surface area contributed by atoms with E-state index in [0.717, 1.165) is 0 Å². The van der Waals surface area contributed by atoms with Crippen molar-refractivity contribution in [1.29, 1.82) is 0 Å². The number of para-hydroxylation sites is 1. The zero-order valence-corrected chi connectivity index (χ0v) is 11.4. The number of carbonyl (C=O) groups excluding carboxylic acids is 1. The first kappa shape index (κ1) is 15.7. The molecule has 0 aliphatic carbocycles. The van der Waals surface area contributed by atoms with E-state index in [1.165, 1.54) is 24.3 Å². The molecule has 7 heteroatoms. The zero-order chi connectivity index (χ0) is 16.0. The van der Waals surface area contributed by atoms with Gasteiger partial charge in [0.15, 0.2) is 0 Å². The summed E-state index contributed by atoms with van der Waals surface area (Å²) in [5.74, 6) is -0.301. The summed E-state index contributed by atoms with van der Waals surface area (Å²) in [6.45, 7) is 0.185. The van der Waals surface area contributed by atoms with Crippen LogP contribution in [0.2, 0.25) is 0 Å². The van der Waals surface area contributed by atoms with Crippen LogP contribution in [-0.2, 0) is 6.54 Å². The number of carbonyl (C=O) groups is 1. The van der Waals surface area contributed by atoms with Crippen LogP contribution in [0.1, 0.15) is 5.56 Å². The SMILES string of the molecule is O=C(NCc1ccc(OC(F)(F)F)cc1)Nc1ccccc1. The average Bonchev–Trinajstić information content (AvgIpc) is 2.46. The molecule has 2 aromatic carbocycles. The predicted octanol–water partition coefficient (Wildman–Crippen LogP) is 3.91. The Morgan fingerprint density at radius 3 is 2.23 bits per heavy atom. The predicted molar refractivity (Wildman–Crippen MR) is 75.4 cm³/mol. The van der Waals surface area contributed by atoms with Gasteiger partial charge < -0.3 is 15.4 Å². The van der Waals surface area contributed by atoms with Gasteiger partial charge in [-0.3, -0.25) is 0 Å². The second-order valence-electron chi connectivity index (χ2n) is 4.37. The normalized spacial score (nSPS) is 10.9. The van der Waals surface area contributed by atoms with Gasteiger partial charge in [-0.1, -0.05) is 30.3 Å². The van der Waals surface area contributed by atoms with E-state index in [1.807, 2.05) is 6.07 Å². The van der Waals surface area contributed by atoms with E-state index in [1.54, 1.807) is 24.3 Å². The van der Waals surface area contributed by atoms with E-state index < -0.39 is 12.4 Å². The van der Waals surface area contributed by atoms with Crippen LogP contribution in [0.4, 0.5) is 23.7 Å². The van der Waals surface area contributed by atoms with Crippen LogP contribution in [0.3, 0.4) is 0 Å². The van der Waals surface area contributed by atoms with E-state index in [9.17, 15) is 18.0 Å². The van der Waals surface area contributed by atoms with Crippen LogP contribution in [-0.4, -0.2) is 12.4 Å². The van der Waals surface area contributed by atoms with Crippen molar-refractivity contribution in [2.24, 2.45) is 0 Å². The van der Waals surface area contributed by atoms with Crippen molar-refractivity contribution in [3.63, 3.8) is 0 Å². The zero-order valence-electron chi connectivity index (χ0n) is 11.4. The van der Waals surface area contributed by atoms with Gasteiger partial charge in [-0.2, -0.15) is 0 Å². The van der Waals surface area contributed by atoms with Gasteiger partial charge in [-0.15, -0.1) is 13.2 Å². The number of halogens is 3. The van der Waals surface area contributed by atoms with Gasteiger partial charge in [0.1, 0.15) is 5.75 Å². The molecule has 22 heavy (non-hydrogen) atoms. The van der Waals surface area contributed by atoms with E-state index in [4.69, 9.17) is 0 Å². The number of hydrogen-bond acceptors (Lipinski definition) is 2. The van der Waals surface area contributed by atoms with Crippen molar-refractivity contribution in [1.82, 2.24) is 5.32 Å². The highest BCUT2D eigenvalue weighted by molar-refractivity contribution is 5.89. The van der Waals surface area contributed by atoms with Crippen LogP contribution >= 0.6 is 0 Å². The van der Waals surface area contributed by atoms with Gasteiger partial charge >= 0.3 is 12.4 Å². The highest BCUT2D eigenvalue weighted by Crippen LogP contribution is 2.22. The molecule has 0 bridgehead atoms. The van der Waals surface area contributed by atoms with Crippen LogP contribution < -0.4 is 15.4 Å². The second kappa shape index (κ2) is 6.84. The van der Waals surface area contributed by atoms with Crippen molar-refractivity contribution in [2.75, 3.05) is 5.32 Å². The van der Waals surface area contributed by atoms with Crippen molar-refractivity contribution >= 4 is 11.7 Å². The first-order valence-corrected chi connectivity index (χ1v) is 6.37. The molecule has 0 spiro atoms. The molecular formula is C15H13F3N2O2. The molecule has 0 unspecified atom stereocenters. The molecule has 2 amide bonds. The summed E-state index contributed by atoms with van der Waals surface area (Å²) in [5.41, 5.74) is 1.30. The second-order valence-corrected chi connectivity index (χ2v) is 4.37. The van der Waals surface area contributed by atoms with Crippen molar-refractivity contribution in [3.8, 4) is 5.75 Å². The lowest BCUT2D eigenvalue weighted by atomic mass is 10.2. The molecule has 0 aliphatic rings. The first-order chi connectivity index (χ1) is 10.4. The summed E-state index contributed by atoms with van der Waals surface area (Å²) in [6.07, 6.45) is -4.71. The average molecular weight is 310 g/mol. The standard InChI is InChI=1S/C15H13F3N2O2/c16-15(17,18)22-13-8-6-11(7-9-13)10-19-14(21)20-12-4-2-1-3-5-12/h1-9H,10H2,(H2,19,20,21). The number of hydrogen-bond donors (Lipinski definition) is 2. The fraction of sp³-hybridized carbons (Fsp3) is 0.133. The number of nitrogens with one attached hydrogen (secondary N) is 2. The largest absolute Gasteiger partial charge is 0.573 e. The Bertz CT molecular complexity index is 613. The highest BCUT2D eigenvalue weighted by Gasteiger charge is 2.30. The molecule has 116 valence electrons. The van der Waals surface area contributed by atoms with E-state index in [-0.39, 0.29) is 12.3 Å². The third kappa shape index (κ3) is 5.35. The Morgan fingerprint density at radius 2 is 1.64 bits per heavy atom. The Labute approximate surface area is 124 Å². The Kier molecular flexibility index (Phi) is 4.88. The Morgan fingerprint density at radius 1 is 1.00 bits per heavy atom. The minimum absolute atomic E-state index is 0.185. The lowest BCUT2D eigenvalue weighted by Crippen LogP contribution is -2.28. The number of benzene rings is 2. The molecular weight excluding hydrogens is 297 g/mol. The monoisotopic (exact) mass is 310 g/mol. The molecule has 2 aromatic rings. The van der Waals surface area contributed by atoms with Crippen LogP contribution in [0, 0.1) is 0 Å². The number of anilines is 1. The minimum atomic E-state index is -4.71. The summed E-state index contributed by atoms with van der Waals surface area (Å²) >= 11 is 0. The van der Waals surface area contributed by atoms with Gasteiger partial charge in [0.2, 0.25) is 0 Å². The number of alkyl halides is 3. The lowest BCUT2D eigenvalue weighted by Gasteiger charge is -2.10. The third-order valence-corrected chi connectivity index (χ3v) is 2.64. The molecule has 0 radical (unpaired) electrons. The summed E-state index contributed by atoms with van der Waals surface area (Å²) in [6, 6.07) is 13.8. The van der Waals surface area contributed by atoms with E-state index >= 15 is 0 Å². The number of rotatable bonds is 4. The summed E-state index contributed by atoms with van der Waals surface area (Å²) in [4.78, 5) is 11.6. The van der Waals surface area contributed by atoms with Gasteiger partial charge in [0.25, 0.3) is 0 Å².